The number of hydrogen-bond acceptors (Lipinski definition) is 4. The van der Waals surface area contributed by atoms with Crippen LogP contribution in [0.2, 0.25) is 0 Å². The predicted molar refractivity (Wildman–Crippen MR) is 85.2 cm³/mol. The third kappa shape index (κ3) is 3.79. The number of benzene rings is 1. The van der Waals surface area contributed by atoms with E-state index in [0.29, 0.717) is 18.8 Å². The molecule has 22 heavy (non-hydrogen) atoms. The van der Waals surface area contributed by atoms with Gasteiger partial charge in [-0.2, -0.15) is 5.10 Å². The van der Waals surface area contributed by atoms with Crippen molar-refractivity contribution in [3.05, 3.63) is 58.0 Å². The second-order valence-corrected chi connectivity index (χ2v) is 5.00. The van der Waals surface area contributed by atoms with Crippen LogP contribution in [0.15, 0.2) is 41.2 Å². The fourth-order valence-electron chi connectivity index (χ4n) is 2.09. The number of carbonyl (C=O) groups is 1. The largest absolute Gasteiger partial charge is 0.351 e. The summed E-state index contributed by atoms with van der Waals surface area (Å²) >= 11 is 0. The first-order valence-corrected chi connectivity index (χ1v) is 7.28. The van der Waals surface area contributed by atoms with Crippen molar-refractivity contribution < 1.29 is 4.79 Å². The van der Waals surface area contributed by atoms with Crippen molar-refractivity contribution in [3.63, 3.8) is 0 Å². The fraction of sp³-hybridized carbons (Fsp3) is 0.312. The lowest BCUT2D eigenvalue weighted by molar-refractivity contribution is 0.0945. The number of rotatable bonds is 6. The molecule has 0 atom stereocenters. The van der Waals surface area contributed by atoms with Crippen LogP contribution in [0.4, 0.5) is 0 Å². The molecule has 0 unspecified atom stereocenters. The van der Waals surface area contributed by atoms with E-state index >= 15 is 0 Å². The van der Waals surface area contributed by atoms with Crippen molar-refractivity contribution in [2.24, 2.45) is 5.73 Å². The van der Waals surface area contributed by atoms with E-state index in [2.05, 4.69) is 10.4 Å². The number of nitrogens with one attached hydrogen (secondary N) is 1. The van der Waals surface area contributed by atoms with Gasteiger partial charge in [-0.15, -0.1) is 0 Å². The predicted octanol–water partition coefficient (Wildman–Crippen LogP) is 1.01. The topological polar surface area (TPSA) is 90.0 Å². The van der Waals surface area contributed by atoms with Gasteiger partial charge in [0, 0.05) is 18.3 Å². The summed E-state index contributed by atoms with van der Waals surface area (Å²) in [5, 5.41) is 6.91. The molecule has 116 valence electrons. The SMILES string of the molecule is Cc1cc(=O)c(C(=O)NCCCCN)nn1-c1ccccc1. The van der Waals surface area contributed by atoms with Crippen LogP contribution in [0.25, 0.3) is 5.69 Å². The Bertz CT molecular complexity index is 695. The summed E-state index contributed by atoms with van der Waals surface area (Å²) in [7, 11) is 0. The maximum atomic E-state index is 12.1. The Morgan fingerprint density at radius 2 is 2.00 bits per heavy atom. The Morgan fingerprint density at radius 3 is 2.68 bits per heavy atom. The molecule has 1 aromatic carbocycles. The zero-order valence-corrected chi connectivity index (χ0v) is 12.6. The van der Waals surface area contributed by atoms with Crippen LogP contribution in [0.3, 0.4) is 0 Å². The van der Waals surface area contributed by atoms with E-state index in [0.717, 1.165) is 18.5 Å². The molecule has 0 aliphatic carbocycles. The number of carbonyl (C=O) groups excluding carboxylic acids is 1. The molecule has 2 rings (SSSR count). The summed E-state index contributed by atoms with van der Waals surface area (Å²) in [6.07, 6.45) is 1.61. The molecule has 0 saturated heterocycles. The minimum atomic E-state index is -0.452. The van der Waals surface area contributed by atoms with Gasteiger partial charge in [0.15, 0.2) is 5.69 Å². The molecule has 2 aromatic rings. The molecule has 1 aromatic heterocycles. The van der Waals surface area contributed by atoms with E-state index in [4.69, 9.17) is 5.73 Å². The highest BCUT2D eigenvalue weighted by Crippen LogP contribution is 2.07. The second-order valence-electron chi connectivity index (χ2n) is 5.00. The minimum absolute atomic E-state index is 0.0952. The molecular weight excluding hydrogens is 280 g/mol. The number of para-hydroxylation sites is 1. The number of aromatic nitrogens is 2. The van der Waals surface area contributed by atoms with Gasteiger partial charge < -0.3 is 11.1 Å². The Kier molecular flexibility index (Phi) is 5.43. The van der Waals surface area contributed by atoms with E-state index in [1.165, 1.54) is 6.07 Å². The number of nitrogens with zero attached hydrogens (tertiary/aromatic N) is 2. The second kappa shape index (κ2) is 7.51. The summed E-state index contributed by atoms with van der Waals surface area (Å²) in [6.45, 7) is 2.85. The quantitative estimate of drug-likeness (QED) is 0.779. The molecule has 6 heteroatoms. The highest BCUT2D eigenvalue weighted by Gasteiger charge is 2.14. The number of nitrogens with two attached hydrogens (primary N) is 1. The highest BCUT2D eigenvalue weighted by molar-refractivity contribution is 5.92. The third-order valence-corrected chi connectivity index (χ3v) is 3.24. The lowest BCUT2D eigenvalue weighted by Gasteiger charge is -2.11. The highest BCUT2D eigenvalue weighted by atomic mass is 16.2. The Labute approximate surface area is 129 Å². The summed E-state index contributed by atoms with van der Waals surface area (Å²) in [5.41, 5.74) is 6.41. The van der Waals surface area contributed by atoms with E-state index in [1.54, 1.807) is 11.6 Å². The van der Waals surface area contributed by atoms with Crippen molar-refractivity contribution in [3.8, 4) is 5.69 Å². The maximum Gasteiger partial charge on any atom is 0.275 e. The van der Waals surface area contributed by atoms with Crippen molar-refractivity contribution in [1.82, 2.24) is 15.1 Å². The number of aryl methyl sites for hydroxylation is 1. The molecule has 0 saturated carbocycles. The van der Waals surface area contributed by atoms with Gasteiger partial charge in [0.2, 0.25) is 5.43 Å². The molecule has 0 aliphatic rings. The molecule has 0 spiro atoms. The molecule has 3 N–H and O–H groups in total. The summed E-state index contributed by atoms with van der Waals surface area (Å²) in [5.74, 6) is -0.452. The summed E-state index contributed by atoms with van der Waals surface area (Å²) in [6, 6.07) is 10.8. The number of unbranched alkanes of at least 4 members (excludes halogenated alkanes) is 1. The average Bonchev–Trinajstić information content (AvgIpc) is 2.52. The molecule has 1 heterocycles. The van der Waals surface area contributed by atoms with Gasteiger partial charge in [0.25, 0.3) is 5.91 Å². The lowest BCUT2D eigenvalue weighted by atomic mass is 10.2. The lowest BCUT2D eigenvalue weighted by Crippen LogP contribution is -2.32. The van der Waals surface area contributed by atoms with Gasteiger partial charge in [0.05, 0.1) is 5.69 Å². The smallest absolute Gasteiger partial charge is 0.275 e. The zero-order chi connectivity index (χ0) is 15.9. The van der Waals surface area contributed by atoms with E-state index in [9.17, 15) is 9.59 Å². The van der Waals surface area contributed by atoms with Crippen molar-refractivity contribution >= 4 is 5.91 Å². The Hall–Kier alpha value is -2.47. The van der Waals surface area contributed by atoms with Gasteiger partial charge >= 0.3 is 0 Å². The molecule has 0 radical (unpaired) electrons. The van der Waals surface area contributed by atoms with Crippen LogP contribution < -0.4 is 16.5 Å². The van der Waals surface area contributed by atoms with Crippen molar-refractivity contribution in [2.75, 3.05) is 13.1 Å². The number of hydrogen-bond donors (Lipinski definition) is 2. The minimum Gasteiger partial charge on any atom is -0.351 e. The van der Waals surface area contributed by atoms with Gasteiger partial charge in [-0.1, -0.05) is 18.2 Å². The zero-order valence-electron chi connectivity index (χ0n) is 12.6. The van der Waals surface area contributed by atoms with Crippen LogP contribution in [-0.2, 0) is 0 Å². The van der Waals surface area contributed by atoms with Crippen LogP contribution in [0.5, 0.6) is 0 Å². The van der Waals surface area contributed by atoms with E-state index in [-0.39, 0.29) is 11.1 Å². The fourth-order valence-corrected chi connectivity index (χ4v) is 2.09. The standard InChI is InChI=1S/C16H20N4O2/c1-12-11-14(21)15(16(22)18-10-6-5-9-17)19-20(12)13-7-3-2-4-8-13/h2-4,7-8,11H,5-6,9-10,17H2,1H3,(H,18,22). The third-order valence-electron chi connectivity index (χ3n) is 3.24. The maximum absolute atomic E-state index is 12.1. The van der Waals surface area contributed by atoms with E-state index in [1.807, 2.05) is 30.3 Å². The van der Waals surface area contributed by atoms with Crippen LogP contribution in [-0.4, -0.2) is 28.8 Å². The number of amides is 1. The molecule has 1 amide bonds. The summed E-state index contributed by atoms with van der Waals surface area (Å²) in [4.78, 5) is 24.1. The molecule has 0 fully saturated rings. The molecule has 6 nitrogen and oxygen atoms in total. The van der Waals surface area contributed by atoms with Crippen LogP contribution in [0, 0.1) is 6.92 Å². The monoisotopic (exact) mass is 300 g/mol. The van der Waals surface area contributed by atoms with E-state index < -0.39 is 5.91 Å². The van der Waals surface area contributed by atoms with Gasteiger partial charge in [-0.25, -0.2) is 4.68 Å². The molecule has 0 bridgehead atoms. The van der Waals surface area contributed by atoms with Crippen LogP contribution in [0.1, 0.15) is 29.0 Å². The van der Waals surface area contributed by atoms with Gasteiger partial charge in [0.1, 0.15) is 0 Å². The first-order valence-electron chi connectivity index (χ1n) is 7.28. The Morgan fingerprint density at radius 1 is 1.27 bits per heavy atom. The normalized spacial score (nSPS) is 10.5. The molecule has 0 aliphatic heterocycles. The Balaban J connectivity index is 2.25. The van der Waals surface area contributed by atoms with Gasteiger partial charge in [-0.05, 0) is 38.4 Å². The van der Waals surface area contributed by atoms with Crippen LogP contribution >= 0.6 is 0 Å². The van der Waals surface area contributed by atoms with Crippen molar-refractivity contribution in [2.45, 2.75) is 19.8 Å². The summed E-state index contributed by atoms with van der Waals surface area (Å²) < 4.78 is 1.59. The first-order chi connectivity index (χ1) is 10.6. The average molecular weight is 300 g/mol. The molecular formula is C16H20N4O2. The van der Waals surface area contributed by atoms with Crippen molar-refractivity contribution in [1.29, 1.82) is 0 Å². The van der Waals surface area contributed by atoms with Gasteiger partial charge in [-0.3, -0.25) is 9.59 Å². The first kappa shape index (κ1) is 15.9.